The number of rotatable bonds is 2. The largest absolute Gasteiger partial charge is 0.378 e. The third-order valence-electron chi connectivity index (χ3n) is 3.41. The van der Waals surface area contributed by atoms with Crippen LogP contribution in [0.1, 0.15) is 29.3 Å². The lowest BCUT2D eigenvalue weighted by atomic mass is 9.94. The normalized spacial score (nSPS) is 17.9. The van der Waals surface area contributed by atoms with Crippen molar-refractivity contribution in [1.82, 2.24) is 0 Å². The first-order valence-corrected chi connectivity index (χ1v) is 7.84. The summed E-state index contributed by atoms with van der Waals surface area (Å²) >= 11 is 5.14. The second-order valence-corrected chi connectivity index (χ2v) is 7.29. The van der Waals surface area contributed by atoms with Crippen LogP contribution in [-0.2, 0) is 6.42 Å². The van der Waals surface area contributed by atoms with E-state index in [1.165, 1.54) is 4.88 Å². The molecule has 0 radical (unpaired) electrons. The summed E-state index contributed by atoms with van der Waals surface area (Å²) in [5.74, 6) is -3.77. The van der Waals surface area contributed by atoms with Gasteiger partial charge in [0.1, 0.15) is 0 Å². The topological polar surface area (TPSA) is 12.0 Å². The highest BCUT2D eigenvalue weighted by atomic mass is 79.9. The van der Waals surface area contributed by atoms with Crippen molar-refractivity contribution in [1.29, 1.82) is 0 Å². The molecular formula is C14H11BrF3NS. The number of hydrogen-bond donors (Lipinski definition) is 1. The van der Waals surface area contributed by atoms with Crippen LogP contribution in [0, 0.1) is 17.5 Å². The van der Waals surface area contributed by atoms with Gasteiger partial charge in [-0.25, -0.2) is 13.2 Å². The molecule has 0 saturated heterocycles. The van der Waals surface area contributed by atoms with Crippen molar-refractivity contribution in [3.05, 3.63) is 49.9 Å². The second kappa shape index (κ2) is 5.41. The van der Waals surface area contributed by atoms with Crippen LogP contribution in [0.3, 0.4) is 0 Å². The molecule has 1 heterocycles. The van der Waals surface area contributed by atoms with E-state index in [0.717, 1.165) is 40.7 Å². The zero-order valence-electron chi connectivity index (χ0n) is 10.4. The Bertz CT molecular complexity index is 633. The fraction of sp³-hybridized carbons (Fsp3) is 0.286. The van der Waals surface area contributed by atoms with Gasteiger partial charge in [0.15, 0.2) is 17.5 Å². The summed E-state index contributed by atoms with van der Waals surface area (Å²) in [6.07, 6.45) is 2.93. The molecule has 1 aromatic heterocycles. The summed E-state index contributed by atoms with van der Waals surface area (Å²) < 4.78 is 40.5. The predicted molar refractivity (Wildman–Crippen MR) is 77.6 cm³/mol. The number of anilines is 1. The summed E-state index contributed by atoms with van der Waals surface area (Å²) in [6.45, 7) is 0. The van der Waals surface area contributed by atoms with Gasteiger partial charge in [0.2, 0.25) is 0 Å². The average Bonchev–Trinajstić information content (AvgIpc) is 2.77. The van der Waals surface area contributed by atoms with Crippen LogP contribution in [0.15, 0.2) is 22.0 Å². The third-order valence-corrected chi connectivity index (χ3v) is 5.12. The molecule has 0 fully saturated rings. The first-order valence-electron chi connectivity index (χ1n) is 6.24. The molecule has 1 nitrogen and oxygen atoms in total. The minimum Gasteiger partial charge on any atom is -0.378 e. The molecule has 20 heavy (non-hydrogen) atoms. The molecule has 6 heteroatoms. The fourth-order valence-corrected chi connectivity index (χ4v) is 4.33. The van der Waals surface area contributed by atoms with Crippen LogP contribution in [-0.4, -0.2) is 0 Å². The monoisotopic (exact) mass is 361 g/mol. The van der Waals surface area contributed by atoms with Crippen molar-refractivity contribution in [3.8, 4) is 0 Å². The lowest BCUT2D eigenvalue weighted by molar-refractivity contribution is 0.447. The number of halogens is 4. The molecule has 0 bridgehead atoms. The number of benzene rings is 1. The molecule has 0 aliphatic heterocycles. The minimum absolute atomic E-state index is 0.00515. The minimum atomic E-state index is -1.43. The fourth-order valence-electron chi connectivity index (χ4n) is 2.51. The highest BCUT2D eigenvalue weighted by molar-refractivity contribution is 9.11. The quantitative estimate of drug-likeness (QED) is 0.704. The van der Waals surface area contributed by atoms with Gasteiger partial charge in [0.05, 0.1) is 9.83 Å². The van der Waals surface area contributed by atoms with E-state index in [0.29, 0.717) is 0 Å². The Balaban J connectivity index is 1.89. The Kier molecular flexibility index (Phi) is 3.77. The Morgan fingerprint density at radius 3 is 2.55 bits per heavy atom. The van der Waals surface area contributed by atoms with Gasteiger partial charge < -0.3 is 5.32 Å². The maximum atomic E-state index is 13.2. The van der Waals surface area contributed by atoms with Crippen molar-refractivity contribution in [2.75, 3.05) is 5.32 Å². The van der Waals surface area contributed by atoms with Gasteiger partial charge in [-0.05, 0) is 46.8 Å². The molecule has 1 aliphatic rings. The van der Waals surface area contributed by atoms with Gasteiger partial charge in [-0.15, -0.1) is 11.3 Å². The standard InChI is InChI=1S/C14H11BrF3NS/c15-13-6-8-11(2-1-3-12(8)20-13)19-7-4-9(16)14(18)10(17)5-7/h4-6,11,19H,1-3H2. The van der Waals surface area contributed by atoms with Crippen LogP contribution in [0.4, 0.5) is 18.9 Å². The summed E-state index contributed by atoms with van der Waals surface area (Å²) in [7, 11) is 0. The van der Waals surface area contributed by atoms with E-state index in [1.54, 1.807) is 11.3 Å². The molecule has 1 aromatic carbocycles. The maximum Gasteiger partial charge on any atom is 0.194 e. The molecule has 0 spiro atoms. The molecule has 3 rings (SSSR count). The van der Waals surface area contributed by atoms with E-state index in [4.69, 9.17) is 0 Å². The number of fused-ring (bicyclic) bond motifs is 1. The molecule has 106 valence electrons. The Morgan fingerprint density at radius 2 is 1.85 bits per heavy atom. The molecule has 1 atom stereocenters. The van der Waals surface area contributed by atoms with Crippen LogP contribution >= 0.6 is 27.3 Å². The summed E-state index contributed by atoms with van der Waals surface area (Å²) in [4.78, 5) is 1.28. The number of nitrogens with one attached hydrogen (secondary N) is 1. The van der Waals surface area contributed by atoms with Crippen LogP contribution in [0.25, 0.3) is 0 Å². The second-order valence-electron chi connectivity index (χ2n) is 4.77. The van der Waals surface area contributed by atoms with Crippen LogP contribution < -0.4 is 5.32 Å². The lowest BCUT2D eigenvalue weighted by Crippen LogP contribution is -2.16. The maximum absolute atomic E-state index is 13.2. The van der Waals surface area contributed by atoms with E-state index in [9.17, 15) is 13.2 Å². The van der Waals surface area contributed by atoms with E-state index in [-0.39, 0.29) is 11.7 Å². The predicted octanol–water partition coefficient (Wildman–Crippen LogP) is 5.42. The van der Waals surface area contributed by atoms with Gasteiger partial charge >= 0.3 is 0 Å². The Morgan fingerprint density at radius 1 is 1.15 bits per heavy atom. The van der Waals surface area contributed by atoms with E-state index >= 15 is 0 Å². The molecular weight excluding hydrogens is 351 g/mol. The van der Waals surface area contributed by atoms with Crippen molar-refractivity contribution in [3.63, 3.8) is 0 Å². The molecule has 1 unspecified atom stereocenters. The summed E-state index contributed by atoms with van der Waals surface area (Å²) in [5.41, 5.74) is 1.42. The van der Waals surface area contributed by atoms with Crippen molar-refractivity contribution < 1.29 is 13.2 Å². The number of hydrogen-bond acceptors (Lipinski definition) is 2. The molecule has 2 aromatic rings. The Labute approximate surface area is 126 Å². The van der Waals surface area contributed by atoms with Crippen molar-refractivity contribution in [2.24, 2.45) is 0 Å². The zero-order valence-corrected chi connectivity index (χ0v) is 12.8. The van der Waals surface area contributed by atoms with Gasteiger partial charge in [0.25, 0.3) is 0 Å². The van der Waals surface area contributed by atoms with Crippen LogP contribution in [0.2, 0.25) is 0 Å². The third kappa shape index (κ3) is 2.59. The first kappa shape index (κ1) is 13.9. The first-order chi connectivity index (χ1) is 9.54. The molecule has 0 amide bonds. The zero-order chi connectivity index (χ0) is 14.3. The Hall–Kier alpha value is -1.01. The molecule has 1 N–H and O–H groups in total. The van der Waals surface area contributed by atoms with Gasteiger partial charge in [-0.1, -0.05) is 0 Å². The molecule has 0 saturated carbocycles. The van der Waals surface area contributed by atoms with Gasteiger partial charge in [-0.3, -0.25) is 0 Å². The van der Waals surface area contributed by atoms with Gasteiger partial charge in [0, 0.05) is 22.7 Å². The lowest BCUT2D eigenvalue weighted by Gasteiger charge is -2.24. The number of aryl methyl sites for hydroxylation is 1. The van der Waals surface area contributed by atoms with Crippen LogP contribution in [0.5, 0.6) is 0 Å². The van der Waals surface area contributed by atoms with Gasteiger partial charge in [-0.2, -0.15) is 0 Å². The SMILES string of the molecule is Fc1cc(NC2CCCc3sc(Br)cc32)cc(F)c1F. The molecule has 1 aliphatic carbocycles. The average molecular weight is 362 g/mol. The van der Waals surface area contributed by atoms with E-state index in [1.807, 2.05) is 6.07 Å². The number of thiophene rings is 1. The highest BCUT2D eigenvalue weighted by Crippen LogP contribution is 2.39. The smallest absolute Gasteiger partial charge is 0.194 e. The van der Waals surface area contributed by atoms with Crippen molar-refractivity contribution in [2.45, 2.75) is 25.3 Å². The summed E-state index contributed by atoms with van der Waals surface area (Å²) in [6, 6.07) is 4.03. The van der Waals surface area contributed by atoms with Crippen molar-refractivity contribution >= 4 is 33.0 Å². The highest BCUT2D eigenvalue weighted by Gasteiger charge is 2.23. The summed E-state index contributed by atoms with van der Waals surface area (Å²) in [5, 5.41) is 3.10. The van der Waals surface area contributed by atoms with E-state index < -0.39 is 17.5 Å². The van der Waals surface area contributed by atoms with E-state index in [2.05, 4.69) is 21.2 Å².